The number of ether oxygens (including phenoxy) is 3. The Morgan fingerprint density at radius 1 is 0.867 bits per heavy atom. The van der Waals surface area contributed by atoms with Crippen molar-refractivity contribution < 1.29 is 23.2 Å². The standard InChI is InChI=1S/C38H43NO5S/c1-4-6-22-43-23-24-44-36-15-11-31(12-16-36)32-13-19-38(42-3)33(26-32)10-14-35(40)25-29-8-17-37(18-9-29)45(41)28-34-27-39-21-20-30(34)7-5-2/h8-21,26-27H,4-7,22-25,28H2,1-3H3/b14-10+/t45-/m0/s1. The number of aryl methyl sites for hydroxylation is 1. The minimum atomic E-state index is -1.19. The molecule has 0 N–H and O–H groups in total. The van der Waals surface area contributed by atoms with E-state index < -0.39 is 10.8 Å². The van der Waals surface area contributed by atoms with Gasteiger partial charge in [0.1, 0.15) is 18.1 Å². The zero-order valence-corrected chi connectivity index (χ0v) is 27.3. The number of allylic oxidation sites excluding steroid dienone is 1. The number of hydrogen-bond donors (Lipinski definition) is 0. The molecule has 0 aliphatic heterocycles. The van der Waals surface area contributed by atoms with Crippen LogP contribution in [0, 0.1) is 0 Å². The minimum absolute atomic E-state index is 0.0314. The van der Waals surface area contributed by atoms with E-state index in [1.54, 1.807) is 25.5 Å². The van der Waals surface area contributed by atoms with Gasteiger partial charge in [0, 0.05) is 35.9 Å². The first kappa shape index (κ1) is 33.8. The smallest absolute Gasteiger partial charge is 0.160 e. The van der Waals surface area contributed by atoms with Gasteiger partial charge in [0.2, 0.25) is 0 Å². The lowest BCUT2D eigenvalue weighted by Crippen LogP contribution is -2.07. The van der Waals surface area contributed by atoms with Crippen LogP contribution in [-0.4, -0.2) is 41.9 Å². The second-order valence-electron chi connectivity index (χ2n) is 10.8. The lowest BCUT2D eigenvalue weighted by molar-refractivity contribution is -0.113. The number of nitrogens with zero attached hydrogens (tertiary/aromatic N) is 1. The molecule has 0 aliphatic rings. The van der Waals surface area contributed by atoms with Crippen LogP contribution in [0.4, 0.5) is 0 Å². The Labute approximate surface area is 269 Å². The number of benzene rings is 3. The lowest BCUT2D eigenvalue weighted by atomic mass is 10.0. The maximum absolute atomic E-state index is 13.0. The Kier molecular flexibility index (Phi) is 13.6. The summed E-state index contributed by atoms with van der Waals surface area (Å²) in [6, 6.07) is 23.3. The first-order chi connectivity index (χ1) is 22.0. The van der Waals surface area contributed by atoms with E-state index in [-0.39, 0.29) is 12.2 Å². The van der Waals surface area contributed by atoms with Crippen molar-refractivity contribution in [1.29, 1.82) is 0 Å². The number of carbonyl (C=O) groups is 1. The number of methoxy groups -OCH3 is 1. The van der Waals surface area contributed by atoms with Crippen molar-refractivity contribution in [2.45, 2.75) is 56.6 Å². The molecule has 0 bridgehead atoms. The number of rotatable bonds is 18. The van der Waals surface area contributed by atoms with Gasteiger partial charge in [-0.1, -0.05) is 57.0 Å². The fourth-order valence-electron chi connectivity index (χ4n) is 4.88. The maximum Gasteiger partial charge on any atom is 0.160 e. The average molecular weight is 626 g/mol. The zero-order valence-electron chi connectivity index (χ0n) is 26.5. The maximum atomic E-state index is 13.0. The summed E-state index contributed by atoms with van der Waals surface area (Å²) >= 11 is 0. The first-order valence-electron chi connectivity index (χ1n) is 15.6. The SMILES string of the molecule is CCCCOCCOc1ccc(-c2ccc(OC)c(/C=C/C(=O)Cc3ccc([S@@](=O)Cc4cnccc4CCC)cc3)c2)cc1. The summed E-state index contributed by atoms with van der Waals surface area (Å²) in [5, 5.41) is 0. The normalized spacial score (nSPS) is 11.9. The summed E-state index contributed by atoms with van der Waals surface area (Å²) in [7, 11) is 0.432. The highest BCUT2D eigenvalue weighted by molar-refractivity contribution is 7.84. The van der Waals surface area contributed by atoms with Crippen molar-refractivity contribution in [3.05, 3.63) is 114 Å². The topological polar surface area (TPSA) is 74.7 Å². The quantitative estimate of drug-likeness (QED) is 0.0823. The van der Waals surface area contributed by atoms with Crippen LogP contribution in [0.5, 0.6) is 11.5 Å². The van der Waals surface area contributed by atoms with Gasteiger partial charge in [-0.2, -0.15) is 0 Å². The van der Waals surface area contributed by atoms with E-state index in [0.717, 1.165) is 70.8 Å². The minimum Gasteiger partial charge on any atom is -0.496 e. The third-order valence-electron chi connectivity index (χ3n) is 7.38. The largest absolute Gasteiger partial charge is 0.496 e. The van der Waals surface area contributed by atoms with E-state index in [0.29, 0.717) is 24.7 Å². The third-order valence-corrected chi connectivity index (χ3v) is 8.75. The van der Waals surface area contributed by atoms with Gasteiger partial charge in [-0.25, -0.2) is 0 Å². The first-order valence-corrected chi connectivity index (χ1v) is 16.9. The zero-order chi connectivity index (χ0) is 31.9. The van der Waals surface area contributed by atoms with Gasteiger partial charge in [-0.15, -0.1) is 0 Å². The van der Waals surface area contributed by atoms with E-state index in [1.807, 2.05) is 79.0 Å². The number of pyridine rings is 1. The predicted molar refractivity (Wildman–Crippen MR) is 182 cm³/mol. The highest BCUT2D eigenvalue weighted by Crippen LogP contribution is 2.29. The van der Waals surface area contributed by atoms with Gasteiger partial charge >= 0.3 is 0 Å². The molecule has 1 aromatic heterocycles. The van der Waals surface area contributed by atoms with Crippen molar-refractivity contribution in [3.8, 4) is 22.6 Å². The Bertz CT molecular complexity index is 1560. The molecule has 0 unspecified atom stereocenters. The third kappa shape index (κ3) is 10.5. The monoisotopic (exact) mass is 625 g/mol. The molecule has 0 spiro atoms. The molecule has 0 amide bonds. The fraction of sp³-hybridized carbons (Fsp3) is 0.316. The van der Waals surface area contributed by atoms with E-state index in [2.05, 4.69) is 18.8 Å². The molecular formula is C38H43NO5S. The summed E-state index contributed by atoms with van der Waals surface area (Å²) < 4.78 is 29.9. The predicted octanol–water partition coefficient (Wildman–Crippen LogP) is 8.04. The molecular weight excluding hydrogens is 582 g/mol. The second-order valence-corrected chi connectivity index (χ2v) is 12.3. The van der Waals surface area contributed by atoms with E-state index in [9.17, 15) is 9.00 Å². The van der Waals surface area contributed by atoms with Crippen molar-refractivity contribution in [1.82, 2.24) is 4.98 Å². The Balaban J connectivity index is 1.34. The van der Waals surface area contributed by atoms with Crippen LogP contribution < -0.4 is 9.47 Å². The second kappa shape index (κ2) is 18.0. The molecule has 0 saturated carbocycles. The van der Waals surface area contributed by atoms with Gasteiger partial charge in [0.15, 0.2) is 5.78 Å². The van der Waals surface area contributed by atoms with Gasteiger partial charge in [-0.05, 0) is 95.3 Å². The average Bonchev–Trinajstić information content (AvgIpc) is 3.07. The Morgan fingerprint density at radius 2 is 1.64 bits per heavy atom. The molecule has 0 saturated heterocycles. The Morgan fingerprint density at radius 3 is 2.38 bits per heavy atom. The van der Waals surface area contributed by atoms with Gasteiger partial charge in [-0.3, -0.25) is 14.0 Å². The fourth-order valence-corrected chi connectivity index (χ4v) is 6.03. The van der Waals surface area contributed by atoms with Crippen LogP contribution in [-0.2, 0) is 38.9 Å². The lowest BCUT2D eigenvalue weighted by Gasteiger charge is -2.10. The van der Waals surface area contributed by atoms with E-state index in [4.69, 9.17) is 14.2 Å². The summed E-state index contributed by atoms with van der Waals surface area (Å²) in [6.45, 7) is 6.14. The molecule has 3 aromatic carbocycles. The molecule has 0 fully saturated rings. The van der Waals surface area contributed by atoms with Crippen LogP contribution in [0.2, 0.25) is 0 Å². The number of ketones is 1. The molecule has 1 atom stereocenters. The molecule has 7 heteroatoms. The van der Waals surface area contributed by atoms with Crippen LogP contribution in [0.15, 0.2) is 96.2 Å². The molecule has 0 aliphatic carbocycles. The van der Waals surface area contributed by atoms with Gasteiger partial charge in [0.05, 0.1) is 30.3 Å². The van der Waals surface area contributed by atoms with Crippen molar-refractivity contribution in [2.24, 2.45) is 0 Å². The van der Waals surface area contributed by atoms with Crippen LogP contribution in [0.3, 0.4) is 0 Å². The Hall–Kier alpha value is -4.07. The highest BCUT2D eigenvalue weighted by atomic mass is 32.2. The summed E-state index contributed by atoms with van der Waals surface area (Å²) in [4.78, 5) is 17.8. The van der Waals surface area contributed by atoms with Crippen molar-refractivity contribution >= 4 is 22.7 Å². The number of unbranched alkanes of at least 4 members (excludes halogenated alkanes) is 1. The van der Waals surface area contributed by atoms with Crippen LogP contribution >= 0.6 is 0 Å². The van der Waals surface area contributed by atoms with Crippen molar-refractivity contribution in [2.75, 3.05) is 26.9 Å². The summed E-state index contributed by atoms with van der Waals surface area (Å²) in [5.41, 5.74) is 5.94. The number of carbonyl (C=O) groups excluding carboxylic acids is 1. The van der Waals surface area contributed by atoms with Gasteiger partial charge < -0.3 is 14.2 Å². The summed E-state index contributed by atoms with van der Waals surface area (Å²) in [5.74, 6) is 1.88. The van der Waals surface area contributed by atoms with E-state index in [1.165, 1.54) is 5.56 Å². The molecule has 45 heavy (non-hydrogen) atoms. The van der Waals surface area contributed by atoms with Crippen LogP contribution in [0.25, 0.3) is 17.2 Å². The molecule has 6 nitrogen and oxygen atoms in total. The number of aromatic nitrogens is 1. The van der Waals surface area contributed by atoms with Gasteiger partial charge in [0.25, 0.3) is 0 Å². The molecule has 1 heterocycles. The number of hydrogen-bond acceptors (Lipinski definition) is 6. The van der Waals surface area contributed by atoms with Crippen molar-refractivity contribution in [3.63, 3.8) is 0 Å². The molecule has 4 aromatic rings. The van der Waals surface area contributed by atoms with E-state index >= 15 is 0 Å². The molecule has 0 radical (unpaired) electrons. The highest BCUT2D eigenvalue weighted by Gasteiger charge is 2.11. The summed E-state index contributed by atoms with van der Waals surface area (Å²) in [6.07, 6.45) is 11.4. The van der Waals surface area contributed by atoms with Crippen LogP contribution in [0.1, 0.15) is 55.4 Å². The molecule has 4 rings (SSSR count). The molecule has 236 valence electrons.